The van der Waals surface area contributed by atoms with E-state index < -0.39 is 0 Å². The first-order chi connectivity index (χ1) is 12.1. The summed E-state index contributed by atoms with van der Waals surface area (Å²) in [5.74, 6) is 0.916. The van der Waals surface area contributed by atoms with Crippen LogP contribution in [0.3, 0.4) is 0 Å². The van der Waals surface area contributed by atoms with Gasteiger partial charge in [-0.25, -0.2) is 9.37 Å². The van der Waals surface area contributed by atoms with Gasteiger partial charge in [0, 0.05) is 18.0 Å². The fourth-order valence-corrected chi connectivity index (χ4v) is 3.06. The Morgan fingerprint density at radius 1 is 1.16 bits per heavy atom. The van der Waals surface area contributed by atoms with E-state index in [1.807, 2.05) is 31.2 Å². The molecule has 3 aromatic rings. The molecule has 1 fully saturated rings. The Balaban J connectivity index is 1.62. The van der Waals surface area contributed by atoms with Crippen molar-refractivity contribution in [3.8, 4) is 11.1 Å². The number of halogens is 1. The Labute approximate surface area is 145 Å². The Kier molecular flexibility index (Phi) is 3.96. The van der Waals surface area contributed by atoms with Gasteiger partial charge < -0.3 is 5.32 Å². The highest BCUT2D eigenvalue weighted by molar-refractivity contribution is 5.94. The van der Waals surface area contributed by atoms with Crippen LogP contribution in [0.4, 0.5) is 10.2 Å². The molecular weight excluding hydrogens is 315 g/mol. The van der Waals surface area contributed by atoms with Crippen molar-refractivity contribution in [2.45, 2.75) is 26.2 Å². The number of rotatable bonds is 4. The van der Waals surface area contributed by atoms with E-state index in [4.69, 9.17) is 0 Å². The van der Waals surface area contributed by atoms with Crippen LogP contribution >= 0.6 is 0 Å². The van der Waals surface area contributed by atoms with E-state index >= 15 is 0 Å². The summed E-state index contributed by atoms with van der Waals surface area (Å²) in [6.07, 6.45) is 4.64. The molecule has 1 aliphatic rings. The predicted octanol–water partition coefficient (Wildman–Crippen LogP) is 5.09. The molecule has 0 saturated heterocycles. The molecule has 0 radical (unpaired) electrons. The highest BCUT2D eigenvalue weighted by Gasteiger charge is 2.24. The first-order valence-corrected chi connectivity index (χ1v) is 8.55. The smallest absolute Gasteiger partial charge is 0.225 e. The molecular formula is C21H19FN2O. The van der Waals surface area contributed by atoms with Crippen LogP contribution in [-0.2, 0) is 4.79 Å². The monoisotopic (exact) mass is 334 g/mol. The topological polar surface area (TPSA) is 42.0 Å². The maximum absolute atomic E-state index is 13.6. The van der Waals surface area contributed by atoms with Gasteiger partial charge in [0.1, 0.15) is 11.6 Å². The lowest BCUT2D eigenvalue weighted by Crippen LogP contribution is -2.12. The molecule has 1 heterocycles. The summed E-state index contributed by atoms with van der Waals surface area (Å²) in [5.41, 5.74) is 2.86. The minimum atomic E-state index is -0.243. The van der Waals surface area contributed by atoms with Gasteiger partial charge in [-0.3, -0.25) is 4.79 Å². The minimum absolute atomic E-state index is 0.0290. The molecule has 1 N–H and O–H groups in total. The summed E-state index contributed by atoms with van der Waals surface area (Å²) in [7, 11) is 0. The number of anilines is 1. The van der Waals surface area contributed by atoms with Gasteiger partial charge in [-0.05, 0) is 72.0 Å². The summed E-state index contributed by atoms with van der Waals surface area (Å²) in [4.78, 5) is 16.3. The normalized spacial score (nSPS) is 13.8. The molecule has 1 amide bonds. The van der Waals surface area contributed by atoms with E-state index in [1.54, 1.807) is 18.3 Å². The lowest BCUT2D eigenvalue weighted by atomic mass is 9.98. The molecule has 1 aromatic heterocycles. The third-order valence-corrected chi connectivity index (χ3v) is 4.67. The van der Waals surface area contributed by atoms with Gasteiger partial charge in [-0.15, -0.1) is 0 Å². The Morgan fingerprint density at radius 3 is 2.80 bits per heavy atom. The first-order valence-electron chi connectivity index (χ1n) is 8.55. The molecule has 126 valence electrons. The van der Waals surface area contributed by atoms with Crippen LogP contribution in [0.5, 0.6) is 0 Å². The molecule has 0 aliphatic heterocycles. The number of benzene rings is 2. The number of carbonyl (C=O) groups excluding carboxylic acids is 1. The molecule has 4 heteroatoms. The molecule has 4 rings (SSSR count). The fourth-order valence-electron chi connectivity index (χ4n) is 3.06. The molecule has 2 aromatic carbocycles. The first kappa shape index (κ1) is 15.8. The average Bonchev–Trinajstić information content (AvgIpc) is 3.40. The zero-order valence-electron chi connectivity index (χ0n) is 14.1. The van der Waals surface area contributed by atoms with Crippen molar-refractivity contribution < 1.29 is 9.18 Å². The summed E-state index contributed by atoms with van der Waals surface area (Å²) >= 11 is 0. The van der Waals surface area contributed by atoms with E-state index in [0.29, 0.717) is 18.2 Å². The van der Waals surface area contributed by atoms with Gasteiger partial charge in [-0.1, -0.05) is 18.2 Å². The van der Waals surface area contributed by atoms with E-state index in [1.165, 1.54) is 6.07 Å². The van der Waals surface area contributed by atoms with Gasteiger partial charge in [0.2, 0.25) is 5.91 Å². The molecule has 0 atom stereocenters. The maximum Gasteiger partial charge on any atom is 0.225 e. The summed E-state index contributed by atoms with van der Waals surface area (Å²) in [6.45, 7) is 1.97. The van der Waals surface area contributed by atoms with Crippen LogP contribution in [0.1, 0.15) is 24.8 Å². The van der Waals surface area contributed by atoms with E-state index in [-0.39, 0.29) is 11.7 Å². The van der Waals surface area contributed by atoms with Crippen LogP contribution in [0, 0.1) is 18.7 Å². The predicted molar refractivity (Wildman–Crippen MR) is 97.8 cm³/mol. The highest BCUT2D eigenvalue weighted by atomic mass is 19.1. The maximum atomic E-state index is 13.6. The zero-order chi connectivity index (χ0) is 17.4. The van der Waals surface area contributed by atoms with Gasteiger partial charge in [0.05, 0.1) is 0 Å². The number of carbonyl (C=O) groups is 1. The van der Waals surface area contributed by atoms with Gasteiger partial charge >= 0.3 is 0 Å². The summed E-state index contributed by atoms with van der Waals surface area (Å²) in [6, 6.07) is 12.6. The lowest BCUT2D eigenvalue weighted by Gasteiger charge is -2.09. The van der Waals surface area contributed by atoms with Crippen molar-refractivity contribution in [1.82, 2.24) is 4.98 Å². The molecule has 1 aliphatic carbocycles. The van der Waals surface area contributed by atoms with Crippen LogP contribution < -0.4 is 5.32 Å². The number of hydrogen-bond acceptors (Lipinski definition) is 2. The van der Waals surface area contributed by atoms with Crippen LogP contribution in [0.15, 0.2) is 48.7 Å². The SMILES string of the molecule is Cc1ccc(F)cc1-c1ccc2cc(NC(=O)CC3CC3)ncc2c1. The second kappa shape index (κ2) is 6.28. The fraction of sp³-hybridized carbons (Fsp3) is 0.238. The van der Waals surface area contributed by atoms with Crippen LogP contribution in [0.25, 0.3) is 21.9 Å². The van der Waals surface area contributed by atoms with E-state index in [0.717, 1.165) is 40.3 Å². The van der Waals surface area contributed by atoms with Gasteiger partial charge in [0.15, 0.2) is 0 Å². The van der Waals surface area contributed by atoms with Gasteiger partial charge in [0.25, 0.3) is 0 Å². The lowest BCUT2D eigenvalue weighted by molar-refractivity contribution is -0.116. The summed E-state index contributed by atoms with van der Waals surface area (Å²) in [5, 5.41) is 4.82. The van der Waals surface area contributed by atoms with E-state index in [9.17, 15) is 9.18 Å². The number of aromatic nitrogens is 1. The van der Waals surface area contributed by atoms with Crippen molar-refractivity contribution in [3.63, 3.8) is 0 Å². The van der Waals surface area contributed by atoms with Crippen molar-refractivity contribution in [3.05, 3.63) is 60.0 Å². The third kappa shape index (κ3) is 3.53. The molecule has 25 heavy (non-hydrogen) atoms. The number of nitrogens with zero attached hydrogens (tertiary/aromatic N) is 1. The second-order valence-electron chi connectivity index (χ2n) is 6.79. The number of fused-ring (bicyclic) bond motifs is 1. The molecule has 0 unspecified atom stereocenters. The number of nitrogens with one attached hydrogen (secondary N) is 1. The molecule has 0 spiro atoms. The quantitative estimate of drug-likeness (QED) is 0.722. The van der Waals surface area contributed by atoms with Crippen LogP contribution in [0.2, 0.25) is 0 Å². The molecule has 1 saturated carbocycles. The highest BCUT2D eigenvalue weighted by Crippen LogP contribution is 2.32. The Bertz CT molecular complexity index is 963. The van der Waals surface area contributed by atoms with Crippen molar-refractivity contribution >= 4 is 22.5 Å². The largest absolute Gasteiger partial charge is 0.311 e. The number of hydrogen-bond donors (Lipinski definition) is 1. The minimum Gasteiger partial charge on any atom is -0.311 e. The Hall–Kier alpha value is -2.75. The molecule has 3 nitrogen and oxygen atoms in total. The average molecular weight is 334 g/mol. The summed E-state index contributed by atoms with van der Waals surface area (Å²) < 4.78 is 13.6. The van der Waals surface area contributed by atoms with Crippen molar-refractivity contribution in [2.75, 3.05) is 5.32 Å². The van der Waals surface area contributed by atoms with Crippen molar-refractivity contribution in [2.24, 2.45) is 5.92 Å². The van der Waals surface area contributed by atoms with Gasteiger partial charge in [-0.2, -0.15) is 0 Å². The number of amides is 1. The standard InChI is InChI=1S/C21H19FN2O/c1-13-2-7-18(22)11-19(13)16-6-5-15-10-20(23-12-17(15)9-16)24-21(25)8-14-3-4-14/h2,5-7,9-12,14H,3-4,8H2,1H3,(H,23,24,25). The second-order valence-corrected chi connectivity index (χ2v) is 6.79. The number of aryl methyl sites for hydroxylation is 1. The Morgan fingerprint density at radius 2 is 2.00 bits per heavy atom. The van der Waals surface area contributed by atoms with Crippen molar-refractivity contribution in [1.29, 1.82) is 0 Å². The van der Waals surface area contributed by atoms with Crippen LogP contribution in [-0.4, -0.2) is 10.9 Å². The van der Waals surface area contributed by atoms with E-state index in [2.05, 4.69) is 10.3 Å². The third-order valence-electron chi connectivity index (χ3n) is 4.67. The number of pyridine rings is 1. The molecule has 0 bridgehead atoms. The zero-order valence-corrected chi connectivity index (χ0v) is 14.1.